The summed E-state index contributed by atoms with van der Waals surface area (Å²) < 4.78 is 0. The zero-order valence-electron chi connectivity index (χ0n) is 5.72. The van der Waals surface area contributed by atoms with Gasteiger partial charge in [-0.25, -0.2) is 4.79 Å². The normalized spacial score (nSPS) is 25.5. The molecule has 2 N–H and O–H groups in total. The quantitative estimate of drug-likeness (QED) is 0.560. The molecule has 1 heterocycles. The summed E-state index contributed by atoms with van der Waals surface area (Å²) in [5.41, 5.74) is 0. The second-order valence-corrected chi connectivity index (χ2v) is 3.02. The van der Waals surface area contributed by atoms with Crippen molar-refractivity contribution in [2.75, 3.05) is 7.05 Å². The number of amides is 3. The van der Waals surface area contributed by atoms with Crippen LogP contribution in [0.1, 0.15) is 0 Å². The van der Waals surface area contributed by atoms with Crippen LogP contribution < -0.4 is 5.32 Å². The lowest BCUT2D eigenvalue weighted by atomic mass is 10.3. The minimum absolute atomic E-state index is 0.113. The van der Waals surface area contributed by atoms with Crippen LogP contribution in [0, 0.1) is 5.41 Å². The summed E-state index contributed by atoms with van der Waals surface area (Å²) in [5.74, 6) is -0.531. The van der Waals surface area contributed by atoms with Crippen LogP contribution >= 0.6 is 15.9 Å². The molecule has 0 aromatic carbocycles. The molecule has 0 saturated carbocycles. The van der Waals surface area contributed by atoms with Crippen LogP contribution in [0.3, 0.4) is 0 Å². The lowest BCUT2D eigenvalue weighted by Crippen LogP contribution is -2.56. The number of nitrogens with zero attached hydrogens (tertiary/aromatic N) is 1. The SMILES string of the molecule is CN1C(=O)NC(=N)C(Br)C1=O. The van der Waals surface area contributed by atoms with Crippen LogP contribution in [0.15, 0.2) is 0 Å². The van der Waals surface area contributed by atoms with Crippen molar-refractivity contribution in [2.45, 2.75) is 4.83 Å². The van der Waals surface area contributed by atoms with Gasteiger partial charge >= 0.3 is 6.03 Å². The minimum Gasteiger partial charge on any atom is -0.294 e. The van der Waals surface area contributed by atoms with Gasteiger partial charge in [-0.1, -0.05) is 15.9 Å². The Morgan fingerprint density at radius 1 is 1.64 bits per heavy atom. The summed E-state index contributed by atoms with van der Waals surface area (Å²) in [6, 6.07) is -0.560. The summed E-state index contributed by atoms with van der Waals surface area (Å²) in [6.45, 7) is 0. The van der Waals surface area contributed by atoms with Gasteiger partial charge < -0.3 is 0 Å². The average molecular weight is 220 g/mol. The van der Waals surface area contributed by atoms with Gasteiger partial charge in [0.05, 0.1) is 0 Å². The molecule has 11 heavy (non-hydrogen) atoms. The number of carbonyl (C=O) groups is 2. The molecule has 6 heteroatoms. The van der Waals surface area contributed by atoms with Crippen molar-refractivity contribution in [1.82, 2.24) is 10.2 Å². The van der Waals surface area contributed by atoms with E-state index >= 15 is 0 Å². The summed E-state index contributed by atoms with van der Waals surface area (Å²) in [6.07, 6.45) is 0. The Labute approximate surface area is 71.4 Å². The monoisotopic (exact) mass is 219 g/mol. The van der Waals surface area contributed by atoms with E-state index in [0.29, 0.717) is 0 Å². The van der Waals surface area contributed by atoms with E-state index in [9.17, 15) is 9.59 Å². The highest BCUT2D eigenvalue weighted by Gasteiger charge is 2.33. The van der Waals surface area contributed by atoms with Crippen LogP contribution in [0.25, 0.3) is 0 Å². The first-order chi connectivity index (χ1) is 5.04. The van der Waals surface area contributed by atoms with E-state index in [4.69, 9.17) is 5.41 Å². The van der Waals surface area contributed by atoms with Gasteiger partial charge in [0.15, 0.2) is 4.83 Å². The van der Waals surface area contributed by atoms with Crippen molar-refractivity contribution in [3.63, 3.8) is 0 Å². The lowest BCUT2D eigenvalue weighted by Gasteiger charge is -2.25. The summed E-state index contributed by atoms with van der Waals surface area (Å²) in [7, 11) is 1.36. The zero-order valence-corrected chi connectivity index (χ0v) is 7.31. The van der Waals surface area contributed by atoms with Gasteiger partial charge in [-0.3, -0.25) is 20.4 Å². The Hall–Kier alpha value is -0.910. The predicted octanol–water partition coefficient (Wildman–Crippen LogP) is -0.0912. The summed E-state index contributed by atoms with van der Waals surface area (Å²) in [5, 5.41) is 9.33. The zero-order chi connectivity index (χ0) is 8.59. The van der Waals surface area contributed by atoms with Gasteiger partial charge in [0.2, 0.25) is 0 Å². The average Bonchev–Trinajstić information content (AvgIpc) is 1.97. The number of alkyl halides is 1. The van der Waals surface area contributed by atoms with E-state index < -0.39 is 16.8 Å². The fourth-order valence-corrected chi connectivity index (χ4v) is 1.08. The number of hydrogen-bond acceptors (Lipinski definition) is 3. The number of rotatable bonds is 0. The molecular weight excluding hydrogens is 214 g/mol. The predicted molar refractivity (Wildman–Crippen MR) is 41.7 cm³/mol. The minimum atomic E-state index is -0.717. The van der Waals surface area contributed by atoms with Crippen LogP contribution in [-0.2, 0) is 4.79 Å². The number of nitrogens with one attached hydrogen (secondary N) is 2. The molecule has 0 bridgehead atoms. The fourth-order valence-electron chi connectivity index (χ4n) is 0.656. The maximum absolute atomic E-state index is 11.0. The van der Waals surface area contributed by atoms with Crippen molar-refractivity contribution < 1.29 is 9.59 Å². The fraction of sp³-hybridized carbons (Fsp3) is 0.400. The van der Waals surface area contributed by atoms with E-state index in [1.807, 2.05) is 0 Å². The van der Waals surface area contributed by atoms with Gasteiger partial charge in [-0.15, -0.1) is 0 Å². The Morgan fingerprint density at radius 2 is 2.18 bits per heavy atom. The summed E-state index contributed by atoms with van der Waals surface area (Å²) >= 11 is 2.96. The smallest absolute Gasteiger partial charge is 0.294 e. The van der Waals surface area contributed by atoms with E-state index in [1.165, 1.54) is 7.05 Å². The third-order valence-electron chi connectivity index (χ3n) is 1.35. The molecule has 1 unspecified atom stereocenters. The van der Waals surface area contributed by atoms with Crippen molar-refractivity contribution in [3.8, 4) is 0 Å². The molecule has 3 amide bonds. The van der Waals surface area contributed by atoms with Crippen molar-refractivity contribution in [1.29, 1.82) is 5.41 Å². The first kappa shape index (κ1) is 8.19. The highest BCUT2D eigenvalue weighted by atomic mass is 79.9. The van der Waals surface area contributed by atoms with Gasteiger partial charge in [0.1, 0.15) is 5.84 Å². The Bertz CT molecular complexity index is 218. The number of hydrogen-bond donors (Lipinski definition) is 2. The Morgan fingerprint density at radius 3 is 2.73 bits per heavy atom. The first-order valence-corrected chi connectivity index (χ1v) is 3.76. The second kappa shape index (κ2) is 2.61. The maximum Gasteiger partial charge on any atom is 0.329 e. The molecule has 0 radical (unpaired) electrons. The molecule has 1 aliphatic rings. The van der Waals surface area contributed by atoms with Crippen LogP contribution in [-0.4, -0.2) is 34.5 Å². The van der Waals surface area contributed by atoms with E-state index in [2.05, 4.69) is 21.2 Å². The molecule has 1 saturated heterocycles. The number of carbonyl (C=O) groups excluding carboxylic acids is 2. The second-order valence-electron chi connectivity index (χ2n) is 2.10. The van der Waals surface area contributed by atoms with E-state index in [0.717, 1.165) is 4.90 Å². The van der Waals surface area contributed by atoms with Crippen molar-refractivity contribution >= 4 is 33.7 Å². The number of amidine groups is 1. The highest BCUT2D eigenvalue weighted by Crippen LogP contribution is 2.09. The van der Waals surface area contributed by atoms with Crippen LogP contribution in [0.4, 0.5) is 4.79 Å². The molecule has 0 aliphatic carbocycles. The van der Waals surface area contributed by atoms with E-state index in [1.54, 1.807) is 0 Å². The molecule has 1 fully saturated rings. The van der Waals surface area contributed by atoms with Gasteiger partial charge in [-0.2, -0.15) is 0 Å². The van der Waals surface area contributed by atoms with Crippen LogP contribution in [0.2, 0.25) is 0 Å². The number of halogens is 1. The lowest BCUT2D eigenvalue weighted by molar-refractivity contribution is -0.125. The molecule has 0 aromatic rings. The molecule has 0 aromatic heterocycles. The molecule has 1 atom stereocenters. The molecular formula is C5H6BrN3O2. The third-order valence-corrected chi connectivity index (χ3v) is 2.20. The van der Waals surface area contributed by atoms with Crippen molar-refractivity contribution in [3.05, 3.63) is 0 Å². The molecule has 1 rings (SSSR count). The van der Waals surface area contributed by atoms with Crippen molar-refractivity contribution in [2.24, 2.45) is 0 Å². The molecule has 60 valence electrons. The first-order valence-electron chi connectivity index (χ1n) is 2.85. The van der Waals surface area contributed by atoms with Gasteiger partial charge in [0, 0.05) is 7.05 Å². The largest absolute Gasteiger partial charge is 0.329 e. The maximum atomic E-state index is 11.0. The third kappa shape index (κ3) is 1.25. The van der Waals surface area contributed by atoms with Crippen LogP contribution in [0.5, 0.6) is 0 Å². The number of urea groups is 1. The van der Waals surface area contributed by atoms with Gasteiger partial charge in [-0.05, 0) is 0 Å². The Kier molecular flexibility index (Phi) is 1.95. The molecule has 5 nitrogen and oxygen atoms in total. The molecule has 0 spiro atoms. The Balaban J connectivity index is 2.87. The molecule has 1 aliphatic heterocycles. The standard InChI is InChI=1S/C5H6BrN3O2/c1-9-4(10)2(6)3(7)8-5(9)11/h2H,1H3,(H2,7,8,11). The number of imide groups is 1. The highest BCUT2D eigenvalue weighted by molar-refractivity contribution is 9.10. The van der Waals surface area contributed by atoms with Gasteiger partial charge in [0.25, 0.3) is 5.91 Å². The topological polar surface area (TPSA) is 73.3 Å². The summed E-state index contributed by atoms with van der Waals surface area (Å²) in [4.78, 5) is 22.0. The van der Waals surface area contributed by atoms with E-state index in [-0.39, 0.29) is 5.84 Å².